The molecule has 1 aromatic rings. The maximum atomic E-state index is 12.7. The summed E-state index contributed by atoms with van der Waals surface area (Å²) in [6.45, 7) is 4.41. The predicted octanol–water partition coefficient (Wildman–Crippen LogP) is 2.79. The molecule has 6 nitrogen and oxygen atoms in total. The number of aliphatic carboxylic acids is 1. The molecule has 2 N–H and O–H groups in total. The lowest BCUT2D eigenvalue weighted by atomic mass is 9.75. The van der Waals surface area contributed by atoms with Gasteiger partial charge in [-0.1, -0.05) is 37.3 Å². The molecule has 148 valence electrons. The number of benzene rings is 1. The zero-order valence-electron chi connectivity index (χ0n) is 16.4. The van der Waals surface area contributed by atoms with E-state index < -0.39 is 11.9 Å². The smallest absolute Gasteiger partial charge is 0.317 e. The third-order valence-electron chi connectivity index (χ3n) is 6.22. The molecular weight excluding hydrogens is 342 g/mol. The number of piperidine rings is 1. The molecule has 2 aliphatic rings. The highest BCUT2D eigenvalue weighted by Gasteiger charge is 2.41. The van der Waals surface area contributed by atoms with Crippen LogP contribution in [0, 0.1) is 11.8 Å². The van der Waals surface area contributed by atoms with Crippen LogP contribution in [0.15, 0.2) is 30.3 Å². The molecule has 2 amide bonds. The average molecular weight is 373 g/mol. The Bertz CT molecular complexity index is 660. The molecule has 0 aromatic heterocycles. The van der Waals surface area contributed by atoms with E-state index in [1.807, 2.05) is 13.0 Å². The molecule has 2 atom stereocenters. The number of carboxylic acids is 1. The quantitative estimate of drug-likeness (QED) is 0.804. The third kappa shape index (κ3) is 4.61. The lowest BCUT2D eigenvalue weighted by molar-refractivity contribution is -0.143. The number of amides is 2. The van der Waals surface area contributed by atoms with Gasteiger partial charge in [-0.15, -0.1) is 0 Å². The molecular formula is C21H31N3O3. The van der Waals surface area contributed by atoms with E-state index in [4.69, 9.17) is 0 Å². The number of likely N-dealkylation sites (tertiary alicyclic amines) is 1. The second-order valence-corrected chi connectivity index (χ2v) is 8.36. The molecule has 2 fully saturated rings. The Hall–Kier alpha value is -2.08. The van der Waals surface area contributed by atoms with Crippen LogP contribution in [0.2, 0.25) is 0 Å². The molecule has 0 radical (unpaired) electrons. The second-order valence-electron chi connectivity index (χ2n) is 8.36. The Morgan fingerprint density at radius 3 is 2.56 bits per heavy atom. The third-order valence-corrected chi connectivity index (χ3v) is 6.22. The van der Waals surface area contributed by atoms with Gasteiger partial charge < -0.3 is 15.3 Å². The van der Waals surface area contributed by atoms with Gasteiger partial charge in [-0.3, -0.25) is 9.69 Å². The fourth-order valence-corrected chi connectivity index (χ4v) is 4.35. The van der Waals surface area contributed by atoms with Gasteiger partial charge in [0.05, 0.1) is 5.92 Å². The van der Waals surface area contributed by atoms with Crippen LogP contribution in [0.25, 0.3) is 0 Å². The van der Waals surface area contributed by atoms with Crippen molar-refractivity contribution in [1.82, 2.24) is 15.1 Å². The van der Waals surface area contributed by atoms with Gasteiger partial charge in [0.1, 0.15) is 0 Å². The minimum Gasteiger partial charge on any atom is -0.481 e. The van der Waals surface area contributed by atoms with Gasteiger partial charge in [0.25, 0.3) is 0 Å². The Morgan fingerprint density at radius 2 is 1.96 bits per heavy atom. The van der Waals surface area contributed by atoms with Crippen LogP contribution in [-0.2, 0) is 11.3 Å². The highest BCUT2D eigenvalue weighted by atomic mass is 16.4. The van der Waals surface area contributed by atoms with Crippen molar-refractivity contribution in [2.75, 3.05) is 26.7 Å². The first-order valence-corrected chi connectivity index (χ1v) is 9.90. The number of hydrogen-bond acceptors (Lipinski definition) is 3. The van der Waals surface area contributed by atoms with E-state index in [1.54, 1.807) is 4.90 Å². The van der Waals surface area contributed by atoms with Crippen molar-refractivity contribution in [3.05, 3.63) is 35.9 Å². The fourth-order valence-electron chi connectivity index (χ4n) is 4.35. The van der Waals surface area contributed by atoms with Crippen LogP contribution < -0.4 is 5.32 Å². The molecule has 1 saturated heterocycles. The maximum Gasteiger partial charge on any atom is 0.317 e. The summed E-state index contributed by atoms with van der Waals surface area (Å²) in [5, 5.41) is 12.4. The summed E-state index contributed by atoms with van der Waals surface area (Å²) >= 11 is 0. The molecule has 1 saturated carbocycles. The number of nitrogens with zero attached hydrogens (tertiary/aromatic N) is 2. The first-order valence-electron chi connectivity index (χ1n) is 9.90. The van der Waals surface area contributed by atoms with Crippen molar-refractivity contribution in [1.29, 1.82) is 0 Å². The highest BCUT2D eigenvalue weighted by molar-refractivity contribution is 5.76. The minimum atomic E-state index is -0.808. The lowest BCUT2D eigenvalue weighted by Gasteiger charge is -2.49. The van der Waals surface area contributed by atoms with Crippen molar-refractivity contribution < 1.29 is 14.7 Å². The van der Waals surface area contributed by atoms with E-state index in [-0.39, 0.29) is 17.5 Å². The van der Waals surface area contributed by atoms with Gasteiger partial charge in [0.2, 0.25) is 0 Å². The number of hydrogen-bond donors (Lipinski definition) is 2. The normalized spacial score (nSPS) is 24.3. The van der Waals surface area contributed by atoms with Gasteiger partial charge in [0.15, 0.2) is 0 Å². The summed E-state index contributed by atoms with van der Waals surface area (Å²) in [6.07, 6.45) is 3.97. The van der Waals surface area contributed by atoms with Crippen molar-refractivity contribution in [3.63, 3.8) is 0 Å². The van der Waals surface area contributed by atoms with E-state index in [0.717, 1.165) is 19.4 Å². The van der Waals surface area contributed by atoms with Crippen molar-refractivity contribution in [3.8, 4) is 0 Å². The summed E-state index contributed by atoms with van der Waals surface area (Å²) in [5.74, 6) is -1.06. The number of urea groups is 1. The van der Waals surface area contributed by atoms with Crippen molar-refractivity contribution >= 4 is 12.0 Å². The number of nitrogens with one attached hydrogen (secondary N) is 1. The van der Waals surface area contributed by atoms with Crippen LogP contribution in [0.4, 0.5) is 4.79 Å². The molecule has 0 spiro atoms. The van der Waals surface area contributed by atoms with Gasteiger partial charge in [-0.2, -0.15) is 0 Å². The highest BCUT2D eigenvalue weighted by Crippen LogP contribution is 2.37. The van der Waals surface area contributed by atoms with Crippen molar-refractivity contribution in [2.24, 2.45) is 11.8 Å². The summed E-state index contributed by atoms with van der Waals surface area (Å²) in [7, 11) is 2.13. The fraction of sp³-hybridized carbons (Fsp3) is 0.619. The number of rotatable bonds is 6. The first-order chi connectivity index (χ1) is 12.9. The lowest BCUT2D eigenvalue weighted by Crippen LogP contribution is -2.60. The van der Waals surface area contributed by atoms with E-state index >= 15 is 0 Å². The maximum absolute atomic E-state index is 12.7. The van der Waals surface area contributed by atoms with E-state index in [0.29, 0.717) is 26.1 Å². The Morgan fingerprint density at radius 1 is 1.26 bits per heavy atom. The Kier molecular flexibility index (Phi) is 6.05. The molecule has 1 heterocycles. The van der Waals surface area contributed by atoms with Crippen molar-refractivity contribution in [2.45, 2.75) is 44.7 Å². The minimum absolute atomic E-state index is 0.000889. The molecule has 6 heteroatoms. The average Bonchev–Trinajstić information content (AvgIpc) is 2.60. The van der Waals surface area contributed by atoms with Gasteiger partial charge in [-0.25, -0.2) is 4.79 Å². The zero-order valence-corrected chi connectivity index (χ0v) is 16.4. The summed E-state index contributed by atoms with van der Waals surface area (Å²) < 4.78 is 0. The molecule has 3 rings (SSSR count). The van der Waals surface area contributed by atoms with E-state index in [9.17, 15) is 14.7 Å². The van der Waals surface area contributed by atoms with Crippen LogP contribution in [-0.4, -0.2) is 59.1 Å². The molecule has 27 heavy (non-hydrogen) atoms. The second kappa shape index (κ2) is 8.30. The standard InChI is InChI=1S/C21H31N3O3/c1-16-11-18(19(25)26)14-24(12-16)20(27)22-15-21(9-6-10-21)23(2)13-17-7-4-3-5-8-17/h3-5,7-8,16,18H,6,9-15H2,1-2H3,(H,22,27)(H,25,26). The number of carboxylic acid groups (broad SMARTS) is 1. The van der Waals surface area contributed by atoms with E-state index in [2.05, 4.69) is 41.5 Å². The number of likely N-dealkylation sites (N-methyl/N-ethyl adjacent to an activating group) is 1. The molecule has 1 aliphatic heterocycles. The first kappa shape index (κ1) is 19.7. The topological polar surface area (TPSA) is 72.9 Å². The van der Waals surface area contributed by atoms with E-state index in [1.165, 1.54) is 12.0 Å². The molecule has 1 aliphatic carbocycles. The largest absolute Gasteiger partial charge is 0.481 e. The van der Waals surface area contributed by atoms with Crippen LogP contribution >= 0.6 is 0 Å². The Balaban J connectivity index is 1.57. The summed E-state index contributed by atoms with van der Waals surface area (Å²) in [5.41, 5.74) is 1.27. The zero-order chi connectivity index (χ0) is 19.4. The van der Waals surface area contributed by atoms with Gasteiger partial charge in [0, 0.05) is 31.7 Å². The monoisotopic (exact) mass is 373 g/mol. The van der Waals surface area contributed by atoms with Gasteiger partial charge >= 0.3 is 12.0 Å². The summed E-state index contributed by atoms with van der Waals surface area (Å²) in [6, 6.07) is 10.2. The van der Waals surface area contributed by atoms with Crippen LogP contribution in [0.5, 0.6) is 0 Å². The van der Waals surface area contributed by atoms with Gasteiger partial charge in [-0.05, 0) is 44.2 Å². The Labute approximate surface area is 161 Å². The van der Waals surface area contributed by atoms with Crippen LogP contribution in [0.3, 0.4) is 0 Å². The molecule has 0 bridgehead atoms. The molecule has 1 aromatic carbocycles. The number of carbonyl (C=O) groups is 2. The molecule has 2 unspecified atom stereocenters. The SMILES string of the molecule is CC1CC(C(=O)O)CN(C(=O)NCC2(N(C)Cc3ccccc3)CCC2)C1. The van der Waals surface area contributed by atoms with Crippen LogP contribution in [0.1, 0.15) is 38.2 Å². The number of carbonyl (C=O) groups excluding carboxylic acids is 1. The summed E-state index contributed by atoms with van der Waals surface area (Å²) in [4.78, 5) is 28.1. The predicted molar refractivity (Wildman–Crippen MR) is 104 cm³/mol.